The minimum absolute atomic E-state index is 0.568. The van der Waals surface area contributed by atoms with Crippen LogP contribution in [0.1, 0.15) is 37.0 Å². The summed E-state index contributed by atoms with van der Waals surface area (Å²) in [5.41, 5.74) is 3.74. The van der Waals surface area contributed by atoms with E-state index in [4.69, 9.17) is 9.15 Å². The third-order valence-electron chi connectivity index (χ3n) is 3.03. The molecule has 2 rings (SSSR count). The maximum atomic E-state index is 5.87. The maximum Gasteiger partial charge on any atom is 0.123 e. The monoisotopic (exact) mass is 244 g/mol. The molecule has 0 aliphatic heterocycles. The number of hydrogen-bond acceptors (Lipinski definition) is 2. The zero-order chi connectivity index (χ0) is 12.8. The van der Waals surface area contributed by atoms with Crippen molar-refractivity contribution in [1.29, 1.82) is 0 Å². The lowest BCUT2D eigenvalue weighted by Crippen LogP contribution is -1.98. The molecule has 0 saturated carbocycles. The Balaban J connectivity index is 2.10. The van der Waals surface area contributed by atoms with Crippen LogP contribution < -0.4 is 4.74 Å². The van der Waals surface area contributed by atoms with E-state index in [-0.39, 0.29) is 0 Å². The summed E-state index contributed by atoms with van der Waals surface area (Å²) < 4.78 is 10.9. The highest BCUT2D eigenvalue weighted by atomic mass is 16.5. The first kappa shape index (κ1) is 12.7. The third-order valence-corrected chi connectivity index (χ3v) is 3.03. The standard InChI is InChI=1S/C16H20O2/c1-3-5-15-10-13(4-2)6-7-16(15)18-12-14-8-9-17-11-14/h6-11H,3-5,12H2,1-2H3. The van der Waals surface area contributed by atoms with Gasteiger partial charge in [0.15, 0.2) is 0 Å². The highest BCUT2D eigenvalue weighted by molar-refractivity contribution is 5.37. The average Bonchev–Trinajstić information content (AvgIpc) is 2.90. The van der Waals surface area contributed by atoms with Gasteiger partial charge in [-0.05, 0) is 36.1 Å². The van der Waals surface area contributed by atoms with Gasteiger partial charge in [0.2, 0.25) is 0 Å². The molecule has 0 aliphatic rings. The van der Waals surface area contributed by atoms with Crippen molar-refractivity contribution in [2.75, 3.05) is 0 Å². The predicted octanol–water partition coefficient (Wildman–Crippen LogP) is 4.37. The molecule has 0 saturated heterocycles. The van der Waals surface area contributed by atoms with E-state index in [9.17, 15) is 0 Å². The summed E-state index contributed by atoms with van der Waals surface area (Å²) in [5, 5.41) is 0. The van der Waals surface area contributed by atoms with Crippen LogP contribution in [0, 0.1) is 0 Å². The molecule has 0 atom stereocenters. The molecule has 0 fully saturated rings. The van der Waals surface area contributed by atoms with Gasteiger partial charge in [0.05, 0.1) is 12.5 Å². The fraction of sp³-hybridized carbons (Fsp3) is 0.375. The summed E-state index contributed by atoms with van der Waals surface area (Å²) in [6, 6.07) is 8.42. The van der Waals surface area contributed by atoms with Crippen molar-refractivity contribution in [2.24, 2.45) is 0 Å². The number of aryl methyl sites for hydroxylation is 2. The zero-order valence-electron chi connectivity index (χ0n) is 11.1. The van der Waals surface area contributed by atoms with E-state index in [0.717, 1.165) is 30.6 Å². The largest absolute Gasteiger partial charge is 0.489 e. The Hall–Kier alpha value is -1.70. The lowest BCUT2D eigenvalue weighted by molar-refractivity contribution is 0.301. The van der Waals surface area contributed by atoms with Gasteiger partial charge in [-0.2, -0.15) is 0 Å². The van der Waals surface area contributed by atoms with Crippen molar-refractivity contribution >= 4 is 0 Å². The van der Waals surface area contributed by atoms with Gasteiger partial charge >= 0.3 is 0 Å². The molecule has 0 aliphatic carbocycles. The Labute approximate surface area is 109 Å². The molecule has 0 unspecified atom stereocenters. The van der Waals surface area contributed by atoms with Gasteiger partial charge in [-0.1, -0.05) is 32.4 Å². The Morgan fingerprint density at radius 3 is 2.67 bits per heavy atom. The van der Waals surface area contributed by atoms with Crippen molar-refractivity contribution in [3.63, 3.8) is 0 Å². The Kier molecular flexibility index (Phi) is 4.46. The van der Waals surface area contributed by atoms with E-state index in [1.54, 1.807) is 12.5 Å². The quantitative estimate of drug-likeness (QED) is 0.752. The van der Waals surface area contributed by atoms with Gasteiger partial charge < -0.3 is 9.15 Å². The molecule has 0 radical (unpaired) electrons. The van der Waals surface area contributed by atoms with Gasteiger partial charge in [0.25, 0.3) is 0 Å². The average molecular weight is 244 g/mol. The number of rotatable bonds is 6. The fourth-order valence-corrected chi connectivity index (χ4v) is 1.99. The highest BCUT2D eigenvalue weighted by Gasteiger charge is 2.05. The lowest BCUT2D eigenvalue weighted by Gasteiger charge is -2.11. The minimum atomic E-state index is 0.568. The second-order valence-electron chi connectivity index (χ2n) is 4.47. The number of furan rings is 1. The number of benzene rings is 1. The molecule has 0 N–H and O–H groups in total. The third kappa shape index (κ3) is 3.16. The highest BCUT2D eigenvalue weighted by Crippen LogP contribution is 2.23. The smallest absolute Gasteiger partial charge is 0.123 e. The topological polar surface area (TPSA) is 22.4 Å². The summed E-state index contributed by atoms with van der Waals surface area (Å²) in [7, 11) is 0. The van der Waals surface area contributed by atoms with Crippen LogP contribution in [0.25, 0.3) is 0 Å². The van der Waals surface area contributed by atoms with E-state index in [2.05, 4.69) is 32.0 Å². The summed E-state index contributed by atoms with van der Waals surface area (Å²) in [6.45, 7) is 4.94. The van der Waals surface area contributed by atoms with E-state index in [1.165, 1.54) is 11.1 Å². The Morgan fingerprint density at radius 1 is 1.11 bits per heavy atom. The summed E-state index contributed by atoms with van der Waals surface area (Å²) >= 11 is 0. The molecule has 1 aromatic carbocycles. The van der Waals surface area contributed by atoms with E-state index in [1.807, 2.05) is 6.07 Å². The molecule has 2 aromatic rings. The maximum absolute atomic E-state index is 5.87. The molecule has 18 heavy (non-hydrogen) atoms. The van der Waals surface area contributed by atoms with Crippen molar-refractivity contribution in [1.82, 2.24) is 0 Å². The lowest BCUT2D eigenvalue weighted by atomic mass is 10.0. The Morgan fingerprint density at radius 2 is 2.00 bits per heavy atom. The minimum Gasteiger partial charge on any atom is -0.489 e. The normalized spacial score (nSPS) is 10.6. The molecule has 96 valence electrons. The molecule has 2 heteroatoms. The van der Waals surface area contributed by atoms with Crippen molar-refractivity contribution in [2.45, 2.75) is 39.7 Å². The van der Waals surface area contributed by atoms with Gasteiger partial charge in [0.1, 0.15) is 12.4 Å². The van der Waals surface area contributed by atoms with Crippen LogP contribution in [-0.2, 0) is 19.4 Å². The predicted molar refractivity (Wildman–Crippen MR) is 72.9 cm³/mol. The van der Waals surface area contributed by atoms with Gasteiger partial charge in [-0.3, -0.25) is 0 Å². The molecular formula is C16H20O2. The zero-order valence-corrected chi connectivity index (χ0v) is 11.1. The first-order valence-electron chi connectivity index (χ1n) is 6.59. The molecule has 1 heterocycles. The van der Waals surface area contributed by atoms with Crippen LogP contribution in [-0.4, -0.2) is 0 Å². The van der Waals surface area contributed by atoms with Gasteiger partial charge in [0, 0.05) is 5.56 Å². The van der Waals surface area contributed by atoms with Crippen LogP contribution in [0.3, 0.4) is 0 Å². The van der Waals surface area contributed by atoms with Crippen LogP contribution in [0.15, 0.2) is 41.2 Å². The van der Waals surface area contributed by atoms with Crippen molar-refractivity contribution in [3.05, 3.63) is 53.5 Å². The van der Waals surface area contributed by atoms with Crippen molar-refractivity contribution < 1.29 is 9.15 Å². The van der Waals surface area contributed by atoms with E-state index in [0.29, 0.717) is 6.61 Å². The fourth-order valence-electron chi connectivity index (χ4n) is 1.99. The molecule has 1 aromatic heterocycles. The first-order valence-corrected chi connectivity index (χ1v) is 6.59. The van der Waals surface area contributed by atoms with Crippen LogP contribution in [0.4, 0.5) is 0 Å². The van der Waals surface area contributed by atoms with E-state index >= 15 is 0 Å². The Bertz CT molecular complexity index is 472. The second-order valence-corrected chi connectivity index (χ2v) is 4.47. The second kappa shape index (κ2) is 6.29. The number of hydrogen-bond donors (Lipinski definition) is 0. The molecule has 0 bridgehead atoms. The molecular weight excluding hydrogens is 224 g/mol. The summed E-state index contributed by atoms with van der Waals surface area (Å²) in [5.74, 6) is 0.996. The number of ether oxygens (including phenoxy) is 1. The molecule has 0 spiro atoms. The van der Waals surface area contributed by atoms with Gasteiger partial charge in [-0.25, -0.2) is 0 Å². The van der Waals surface area contributed by atoms with Crippen molar-refractivity contribution in [3.8, 4) is 5.75 Å². The van der Waals surface area contributed by atoms with Crippen LogP contribution >= 0.6 is 0 Å². The molecule has 0 amide bonds. The van der Waals surface area contributed by atoms with Crippen LogP contribution in [0.2, 0.25) is 0 Å². The van der Waals surface area contributed by atoms with Crippen LogP contribution in [0.5, 0.6) is 5.75 Å². The summed E-state index contributed by atoms with van der Waals surface area (Å²) in [4.78, 5) is 0. The SMILES string of the molecule is CCCc1cc(CC)ccc1OCc1ccoc1. The summed E-state index contributed by atoms with van der Waals surface area (Å²) in [6.07, 6.45) is 6.66. The van der Waals surface area contributed by atoms with Gasteiger partial charge in [-0.15, -0.1) is 0 Å². The first-order chi connectivity index (χ1) is 8.83. The molecule has 2 nitrogen and oxygen atoms in total. The van der Waals surface area contributed by atoms with E-state index < -0.39 is 0 Å².